The molecule has 0 spiro atoms. The van der Waals surface area contributed by atoms with Gasteiger partial charge in [-0.2, -0.15) is 0 Å². The molecule has 0 N–H and O–H groups in total. The smallest absolute Gasteiger partial charge is 0.338 e. The first-order valence-corrected chi connectivity index (χ1v) is 13.1. The minimum absolute atomic E-state index is 0.0728. The van der Waals surface area contributed by atoms with Gasteiger partial charge >= 0.3 is 11.9 Å². The van der Waals surface area contributed by atoms with Gasteiger partial charge in [-0.1, -0.05) is 57.2 Å². The van der Waals surface area contributed by atoms with Gasteiger partial charge in [-0.15, -0.1) is 0 Å². The molecule has 3 rings (SSSR count). The van der Waals surface area contributed by atoms with E-state index in [9.17, 15) is 9.59 Å². The molecule has 1 unspecified atom stereocenters. The molecule has 2 aromatic carbocycles. The first-order valence-electron chi connectivity index (χ1n) is 13.1. The summed E-state index contributed by atoms with van der Waals surface area (Å²) in [5.41, 5.74) is 0.994. The van der Waals surface area contributed by atoms with E-state index in [-0.39, 0.29) is 41.1 Å². The Balaban J connectivity index is 1.74. The van der Waals surface area contributed by atoms with E-state index in [2.05, 4.69) is 59.4 Å². The average molecular weight is 510 g/mol. The first kappa shape index (κ1) is 28.7. The highest BCUT2D eigenvalue weighted by atomic mass is 16.6. The third-order valence-electron chi connectivity index (χ3n) is 7.04. The number of hydrogen-bond acceptors (Lipinski definition) is 6. The quantitative estimate of drug-likeness (QED) is 0.396. The fraction of sp³-hybridized carbons (Fsp3) is 0.548. The Morgan fingerprint density at radius 1 is 0.946 bits per heavy atom. The van der Waals surface area contributed by atoms with Gasteiger partial charge < -0.3 is 14.2 Å². The van der Waals surface area contributed by atoms with Gasteiger partial charge in [0.2, 0.25) is 0 Å². The van der Waals surface area contributed by atoms with E-state index in [4.69, 9.17) is 14.2 Å². The predicted molar refractivity (Wildman–Crippen MR) is 146 cm³/mol. The minimum Gasteiger partial charge on any atom is -0.489 e. The van der Waals surface area contributed by atoms with E-state index >= 15 is 0 Å². The van der Waals surface area contributed by atoms with Crippen LogP contribution in [-0.2, 0) is 19.7 Å². The Hall–Kier alpha value is -2.86. The predicted octanol–water partition coefficient (Wildman–Crippen LogP) is 6.17. The molecule has 2 aromatic rings. The van der Waals surface area contributed by atoms with Gasteiger partial charge in [0.25, 0.3) is 0 Å². The maximum atomic E-state index is 12.7. The molecule has 1 heterocycles. The lowest BCUT2D eigenvalue weighted by molar-refractivity contribution is -0.155. The molecule has 0 amide bonds. The minimum atomic E-state index is -0.451. The number of para-hydroxylation sites is 1. The number of carbonyl (C=O) groups is 2. The Bertz CT molecular complexity index is 1050. The summed E-state index contributed by atoms with van der Waals surface area (Å²) >= 11 is 0. The van der Waals surface area contributed by atoms with Crippen LogP contribution in [-0.4, -0.2) is 53.3 Å². The van der Waals surface area contributed by atoms with Crippen molar-refractivity contribution in [3.05, 3.63) is 65.7 Å². The van der Waals surface area contributed by atoms with Gasteiger partial charge in [-0.05, 0) is 56.9 Å². The number of nitrogens with zero attached hydrogens (tertiary/aromatic N) is 1. The van der Waals surface area contributed by atoms with Crippen LogP contribution in [0, 0.1) is 0 Å². The molecule has 6 heteroatoms. The van der Waals surface area contributed by atoms with E-state index in [1.165, 1.54) is 6.92 Å². The first-order chi connectivity index (χ1) is 17.2. The third kappa shape index (κ3) is 7.57. The Morgan fingerprint density at radius 3 is 2.08 bits per heavy atom. The van der Waals surface area contributed by atoms with E-state index in [0.717, 1.165) is 11.3 Å². The lowest BCUT2D eigenvalue weighted by Gasteiger charge is -2.55. The summed E-state index contributed by atoms with van der Waals surface area (Å²) in [7, 11) is 0. The zero-order chi connectivity index (χ0) is 27.4. The van der Waals surface area contributed by atoms with Crippen LogP contribution in [0.4, 0.5) is 0 Å². The molecule has 0 radical (unpaired) electrons. The van der Waals surface area contributed by atoms with Crippen LogP contribution in [0.5, 0.6) is 5.75 Å². The number of hydrogen-bond donors (Lipinski definition) is 0. The van der Waals surface area contributed by atoms with E-state index in [1.807, 2.05) is 36.4 Å². The largest absolute Gasteiger partial charge is 0.489 e. The maximum absolute atomic E-state index is 12.7. The Kier molecular flexibility index (Phi) is 8.74. The maximum Gasteiger partial charge on any atom is 0.338 e. The molecule has 0 aliphatic carbocycles. The van der Waals surface area contributed by atoms with Gasteiger partial charge in [0, 0.05) is 37.4 Å². The van der Waals surface area contributed by atoms with Crippen molar-refractivity contribution in [1.82, 2.24) is 4.90 Å². The number of rotatable bonds is 8. The van der Waals surface area contributed by atoms with Crippen molar-refractivity contribution < 1.29 is 23.8 Å². The molecular weight excluding hydrogens is 466 g/mol. The summed E-state index contributed by atoms with van der Waals surface area (Å²) in [4.78, 5) is 27.1. The van der Waals surface area contributed by atoms with Crippen molar-refractivity contribution in [2.75, 3.05) is 13.2 Å². The van der Waals surface area contributed by atoms with Crippen molar-refractivity contribution in [3.8, 4) is 5.75 Å². The molecule has 1 atom stereocenters. The summed E-state index contributed by atoms with van der Waals surface area (Å²) in [6, 6.07) is 17.1. The molecular formula is C31H43NO5. The fourth-order valence-corrected chi connectivity index (χ4v) is 5.55. The average Bonchev–Trinajstić information content (AvgIpc) is 2.79. The fourth-order valence-electron chi connectivity index (χ4n) is 5.55. The van der Waals surface area contributed by atoms with Crippen LogP contribution in [0.1, 0.15) is 84.2 Å². The monoisotopic (exact) mass is 509 g/mol. The number of ether oxygens (including phenoxy) is 3. The Morgan fingerprint density at radius 2 is 1.51 bits per heavy atom. The molecule has 0 bridgehead atoms. The number of benzene rings is 2. The van der Waals surface area contributed by atoms with Gasteiger partial charge in [-0.25, -0.2) is 4.79 Å². The zero-order valence-corrected chi connectivity index (χ0v) is 23.7. The molecule has 6 nitrogen and oxygen atoms in total. The number of esters is 2. The molecule has 1 aliphatic rings. The lowest BCUT2D eigenvalue weighted by atomic mass is 9.77. The topological polar surface area (TPSA) is 65.1 Å². The normalized spacial score (nSPS) is 18.6. The molecule has 0 saturated carbocycles. The number of likely N-dealkylation sites (tertiary alicyclic amines) is 1. The van der Waals surface area contributed by atoms with Crippen molar-refractivity contribution in [2.24, 2.45) is 0 Å². The van der Waals surface area contributed by atoms with E-state index in [0.29, 0.717) is 24.9 Å². The van der Waals surface area contributed by atoms with E-state index < -0.39 is 6.10 Å². The summed E-state index contributed by atoms with van der Waals surface area (Å²) in [6.07, 6.45) is 0.689. The van der Waals surface area contributed by atoms with Crippen LogP contribution in [0.25, 0.3) is 0 Å². The highest BCUT2D eigenvalue weighted by molar-refractivity contribution is 5.89. The standard InChI is InChI=1S/C31H43NO5/c1-22(33)36-25(21-35-27-17-13-12-16-26(27)29(2,3)4)20-32-30(5,6)18-24(19-31(32,7)8)37-28(34)23-14-10-9-11-15-23/h9-17,24-25H,18-21H2,1-8H3. The molecule has 202 valence electrons. The molecule has 1 fully saturated rings. The van der Waals surface area contributed by atoms with Crippen molar-refractivity contribution in [3.63, 3.8) is 0 Å². The van der Waals surface area contributed by atoms with Crippen molar-refractivity contribution in [2.45, 2.75) is 96.9 Å². The van der Waals surface area contributed by atoms with Gasteiger partial charge in [0.05, 0.1) is 5.56 Å². The summed E-state index contributed by atoms with van der Waals surface area (Å²) in [5.74, 6) is 0.173. The molecule has 1 saturated heterocycles. The highest BCUT2D eigenvalue weighted by Crippen LogP contribution is 2.40. The van der Waals surface area contributed by atoms with Crippen LogP contribution in [0.2, 0.25) is 0 Å². The van der Waals surface area contributed by atoms with Gasteiger partial charge in [-0.3, -0.25) is 9.69 Å². The van der Waals surface area contributed by atoms with Crippen LogP contribution in [0.15, 0.2) is 54.6 Å². The molecule has 0 aromatic heterocycles. The molecule has 1 aliphatic heterocycles. The summed E-state index contributed by atoms with van der Waals surface area (Å²) in [5, 5.41) is 0. The van der Waals surface area contributed by atoms with Crippen LogP contribution in [0.3, 0.4) is 0 Å². The number of carbonyl (C=O) groups excluding carboxylic acids is 2. The summed E-state index contributed by atoms with van der Waals surface area (Å²) in [6.45, 7) is 17.3. The third-order valence-corrected chi connectivity index (χ3v) is 7.04. The number of piperidine rings is 1. The van der Waals surface area contributed by atoms with Crippen LogP contribution >= 0.6 is 0 Å². The second-order valence-electron chi connectivity index (χ2n) is 12.3. The second kappa shape index (κ2) is 11.3. The zero-order valence-electron chi connectivity index (χ0n) is 23.7. The lowest BCUT2D eigenvalue weighted by Crippen LogP contribution is -2.64. The molecule has 37 heavy (non-hydrogen) atoms. The highest BCUT2D eigenvalue weighted by Gasteiger charge is 2.47. The van der Waals surface area contributed by atoms with Crippen molar-refractivity contribution >= 4 is 11.9 Å². The Labute approximate surface area is 222 Å². The summed E-state index contributed by atoms with van der Waals surface area (Å²) < 4.78 is 17.9. The van der Waals surface area contributed by atoms with Gasteiger partial charge in [0.15, 0.2) is 0 Å². The van der Waals surface area contributed by atoms with Gasteiger partial charge in [0.1, 0.15) is 24.6 Å². The van der Waals surface area contributed by atoms with Crippen LogP contribution < -0.4 is 4.74 Å². The second-order valence-corrected chi connectivity index (χ2v) is 12.3. The SMILES string of the molecule is CC(=O)OC(COc1ccccc1C(C)(C)C)CN1C(C)(C)CC(OC(=O)c2ccccc2)CC1(C)C. The van der Waals surface area contributed by atoms with Crippen molar-refractivity contribution in [1.29, 1.82) is 0 Å². The van der Waals surface area contributed by atoms with E-state index in [1.54, 1.807) is 12.1 Å².